The van der Waals surface area contributed by atoms with E-state index in [1.165, 1.54) is 23.5 Å². The summed E-state index contributed by atoms with van der Waals surface area (Å²) in [4.78, 5) is 36.8. The quantitative estimate of drug-likeness (QED) is 0.266. The van der Waals surface area contributed by atoms with E-state index in [1.807, 2.05) is 47.0 Å². The summed E-state index contributed by atoms with van der Waals surface area (Å²) in [6.07, 6.45) is 2.44. The van der Waals surface area contributed by atoms with Crippen LogP contribution < -0.4 is 5.32 Å². The number of benzene rings is 2. The minimum atomic E-state index is -0.454. The average Bonchev–Trinajstić information content (AvgIpc) is 3.49. The molecule has 3 aromatic heterocycles. The summed E-state index contributed by atoms with van der Waals surface area (Å²) in [7, 11) is 0. The van der Waals surface area contributed by atoms with Crippen molar-refractivity contribution in [3.05, 3.63) is 99.8 Å². The van der Waals surface area contributed by atoms with Crippen LogP contribution >= 0.6 is 11.3 Å². The monoisotopic (exact) mass is 470 g/mol. The predicted molar refractivity (Wildman–Crippen MR) is 130 cm³/mol. The van der Waals surface area contributed by atoms with Gasteiger partial charge in [0.1, 0.15) is 10.7 Å². The molecule has 1 N–H and O–H groups in total. The molecule has 0 aliphatic carbocycles. The van der Waals surface area contributed by atoms with Crippen molar-refractivity contribution in [3.8, 4) is 10.6 Å². The number of thiazole rings is 1. The number of hydrogen-bond acceptors (Lipinski definition) is 7. The second-order valence-corrected chi connectivity index (χ2v) is 8.30. The lowest BCUT2D eigenvalue weighted by atomic mass is 10.2. The van der Waals surface area contributed by atoms with E-state index in [0.29, 0.717) is 29.5 Å². The number of nitro groups is 1. The zero-order chi connectivity index (χ0) is 23.5. The molecule has 168 valence electrons. The van der Waals surface area contributed by atoms with Gasteiger partial charge in [-0.2, -0.15) is 0 Å². The summed E-state index contributed by atoms with van der Waals surface area (Å²) in [5, 5.41) is 16.0. The van der Waals surface area contributed by atoms with Gasteiger partial charge in [-0.15, -0.1) is 11.3 Å². The van der Waals surface area contributed by atoms with Crippen LogP contribution in [0.5, 0.6) is 0 Å². The summed E-state index contributed by atoms with van der Waals surface area (Å²) in [6.45, 7) is 0.595. The summed E-state index contributed by atoms with van der Waals surface area (Å²) >= 11 is 1.30. The summed E-state index contributed by atoms with van der Waals surface area (Å²) in [6, 6.07) is 19.6. The van der Waals surface area contributed by atoms with Gasteiger partial charge in [0.2, 0.25) is 5.95 Å². The third kappa shape index (κ3) is 4.39. The van der Waals surface area contributed by atoms with Crippen molar-refractivity contribution in [1.29, 1.82) is 0 Å². The van der Waals surface area contributed by atoms with Crippen LogP contribution in [0.25, 0.3) is 21.6 Å². The molecule has 34 heavy (non-hydrogen) atoms. The number of non-ortho nitro benzene ring substituents is 1. The average molecular weight is 471 g/mol. The molecular weight excluding hydrogens is 452 g/mol. The lowest BCUT2D eigenvalue weighted by molar-refractivity contribution is -0.384. The third-order valence-electron chi connectivity index (χ3n) is 5.26. The number of imidazole rings is 1. The van der Waals surface area contributed by atoms with Crippen molar-refractivity contribution in [2.75, 3.05) is 5.32 Å². The van der Waals surface area contributed by atoms with Gasteiger partial charge in [-0.3, -0.25) is 25.2 Å². The molecule has 2 aromatic carbocycles. The molecule has 0 fully saturated rings. The van der Waals surface area contributed by atoms with Gasteiger partial charge >= 0.3 is 0 Å². The molecule has 0 aliphatic rings. The molecule has 0 radical (unpaired) electrons. The molecule has 0 saturated heterocycles. The largest absolute Gasteiger partial charge is 0.310 e. The van der Waals surface area contributed by atoms with Gasteiger partial charge in [0, 0.05) is 47.9 Å². The second-order valence-electron chi connectivity index (χ2n) is 7.44. The van der Waals surface area contributed by atoms with Crippen LogP contribution in [0.1, 0.15) is 16.2 Å². The number of rotatable bonds is 7. The minimum absolute atomic E-state index is 0.00266. The first kappa shape index (κ1) is 21.4. The molecular formula is C24H18N6O3S. The van der Waals surface area contributed by atoms with Crippen LogP contribution in [0.4, 0.5) is 11.6 Å². The van der Waals surface area contributed by atoms with Crippen LogP contribution in [-0.2, 0) is 13.0 Å². The topological polar surface area (TPSA) is 116 Å². The van der Waals surface area contributed by atoms with Crippen LogP contribution in [0.2, 0.25) is 0 Å². The Bertz CT molecular complexity index is 1480. The minimum Gasteiger partial charge on any atom is -0.310 e. The highest BCUT2D eigenvalue weighted by Crippen LogP contribution is 2.26. The number of anilines is 1. The van der Waals surface area contributed by atoms with Gasteiger partial charge in [0.25, 0.3) is 11.6 Å². The van der Waals surface area contributed by atoms with Crippen LogP contribution in [0, 0.1) is 10.1 Å². The Morgan fingerprint density at radius 3 is 2.59 bits per heavy atom. The number of fused-ring (bicyclic) bond motifs is 1. The third-order valence-corrected chi connectivity index (χ3v) is 6.15. The Hall–Kier alpha value is -4.44. The first-order valence-corrected chi connectivity index (χ1v) is 11.3. The Labute approximate surface area is 197 Å². The van der Waals surface area contributed by atoms with Gasteiger partial charge in [0.05, 0.1) is 16.0 Å². The van der Waals surface area contributed by atoms with Crippen LogP contribution in [-0.4, -0.2) is 30.3 Å². The number of aromatic nitrogens is 4. The first-order valence-electron chi connectivity index (χ1n) is 10.5. The van der Waals surface area contributed by atoms with Crippen LogP contribution in [0.3, 0.4) is 0 Å². The van der Waals surface area contributed by atoms with Gasteiger partial charge in [-0.25, -0.2) is 9.97 Å². The van der Waals surface area contributed by atoms with Crippen molar-refractivity contribution in [2.45, 2.75) is 13.0 Å². The lowest BCUT2D eigenvalue weighted by Gasteiger charge is -2.09. The van der Waals surface area contributed by atoms with E-state index in [2.05, 4.69) is 20.3 Å². The van der Waals surface area contributed by atoms with Gasteiger partial charge < -0.3 is 4.57 Å². The summed E-state index contributed by atoms with van der Waals surface area (Å²) < 4.78 is 1.96. The number of para-hydroxylation sites is 2. The molecule has 3 heterocycles. The Kier molecular flexibility index (Phi) is 5.79. The number of amides is 1. The van der Waals surface area contributed by atoms with E-state index in [-0.39, 0.29) is 17.3 Å². The molecule has 10 heteroatoms. The normalized spacial score (nSPS) is 10.9. The molecule has 0 saturated carbocycles. The summed E-state index contributed by atoms with van der Waals surface area (Å²) in [5.41, 5.74) is 3.61. The number of nitrogens with zero attached hydrogens (tertiary/aromatic N) is 5. The first-order chi connectivity index (χ1) is 16.6. The zero-order valence-corrected chi connectivity index (χ0v) is 18.6. The van der Waals surface area contributed by atoms with E-state index >= 15 is 0 Å². The molecule has 0 bridgehead atoms. The Balaban J connectivity index is 1.38. The molecule has 1 amide bonds. The number of aryl methyl sites for hydroxylation is 2. The summed E-state index contributed by atoms with van der Waals surface area (Å²) in [5.74, 6) is 0.0609. The van der Waals surface area contributed by atoms with E-state index in [9.17, 15) is 14.9 Å². The lowest BCUT2D eigenvalue weighted by Crippen LogP contribution is -2.17. The smallest absolute Gasteiger partial charge is 0.277 e. The number of carbonyl (C=O) groups is 1. The number of nitrogens with one attached hydrogen (secondary N) is 1. The van der Waals surface area contributed by atoms with Gasteiger partial charge in [-0.05, 0) is 36.4 Å². The van der Waals surface area contributed by atoms with Crippen molar-refractivity contribution in [1.82, 2.24) is 19.5 Å². The van der Waals surface area contributed by atoms with E-state index in [4.69, 9.17) is 0 Å². The molecule has 0 unspecified atom stereocenters. The fraction of sp³-hybridized carbons (Fsp3) is 0.0833. The highest BCUT2D eigenvalue weighted by atomic mass is 32.1. The highest BCUT2D eigenvalue weighted by Gasteiger charge is 2.17. The number of hydrogen-bond donors (Lipinski definition) is 1. The van der Waals surface area contributed by atoms with Crippen LogP contribution in [0.15, 0.2) is 78.3 Å². The molecule has 0 atom stereocenters. The van der Waals surface area contributed by atoms with Gasteiger partial charge in [0.15, 0.2) is 0 Å². The number of pyridine rings is 1. The van der Waals surface area contributed by atoms with Crippen molar-refractivity contribution in [3.63, 3.8) is 0 Å². The SMILES string of the molecule is O=C(Nc1nc2ccccc2n1CCc1ccccn1)c1csc(-c2ccc([N+](=O)[O-])cc2)n1. The fourth-order valence-electron chi connectivity index (χ4n) is 3.57. The number of carbonyl (C=O) groups excluding carboxylic acids is 1. The number of nitro benzene ring substituents is 1. The maximum absolute atomic E-state index is 13.0. The van der Waals surface area contributed by atoms with E-state index in [0.717, 1.165) is 16.7 Å². The zero-order valence-electron chi connectivity index (χ0n) is 17.8. The highest BCUT2D eigenvalue weighted by molar-refractivity contribution is 7.13. The van der Waals surface area contributed by atoms with Crippen molar-refractivity contribution >= 4 is 39.9 Å². The fourth-order valence-corrected chi connectivity index (χ4v) is 4.38. The Morgan fingerprint density at radius 2 is 1.82 bits per heavy atom. The van der Waals surface area contributed by atoms with Crippen molar-refractivity contribution < 1.29 is 9.72 Å². The molecule has 5 rings (SSSR count). The second kappa shape index (κ2) is 9.20. The molecule has 9 nitrogen and oxygen atoms in total. The van der Waals surface area contributed by atoms with Crippen molar-refractivity contribution in [2.24, 2.45) is 0 Å². The van der Waals surface area contributed by atoms with E-state index in [1.54, 1.807) is 23.7 Å². The Morgan fingerprint density at radius 1 is 1.03 bits per heavy atom. The standard InChI is InChI=1S/C24H18N6O3S/c31-22(20-15-34-23(26-20)16-8-10-18(11-9-16)30(32)33)28-24-27-19-6-1-2-7-21(19)29(24)14-12-17-5-3-4-13-25-17/h1-11,13,15H,12,14H2,(H,27,28,31). The molecule has 5 aromatic rings. The van der Waals surface area contributed by atoms with E-state index < -0.39 is 4.92 Å². The maximum Gasteiger partial charge on any atom is 0.277 e. The maximum atomic E-state index is 13.0. The molecule has 0 spiro atoms. The van der Waals surface area contributed by atoms with Gasteiger partial charge in [-0.1, -0.05) is 18.2 Å². The predicted octanol–water partition coefficient (Wildman–Crippen LogP) is 4.96. The molecule has 0 aliphatic heterocycles.